The zero-order valence-corrected chi connectivity index (χ0v) is 14.6. The summed E-state index contributed by atoms with van der Waals surface area (Å²) >= 11 is 0. The number of nitrogens with zero attached hydrogens (tertiary/aromatic N) is 1. The summed E-state index contributed by atoms with van der Waals surface area (Å²) < 4.78 is 40.9. The molecule has 0 radical (unpaired) electrons. The van der Waals surface area contributed by atoms with E-state index >= 15 is 0 Å². The number of halogens is 1. The fourth-order valence-electron chi connectivity index (χ4n) is 2.92. The van der Waals surface area contributed by atoms with Crippen molar-refractivity contribution < 1.29 is 17.6 Å². The van der Waals surface area contributed by atoms with Crippen molar-refractivity contribution in [3.8, 4) is 0 Å². The van der Waals surface area contributed by atoms with E-state index in [-0.39, 0.29) is 36.4 Å². The van der Waals surface area contributed by atoms with E-state index in [1.165, 1.54) is 16.4 Å². The van der Waals surface area contributed by atoms with E-state index in [1.54, 1.807) is 6.92 Å². The van der Waals surface area contributed by atoms with Gasteiger partial charge in [-0.15, -0.1) is 0 Å². The Morgan fingerprint density at radius 1 is 1.42 bits per heavy atom. The Hall–Kier alpha value is -1.51. The second-order valence-electron chi connectivity index (χ2n) is 6.02. The molecule has 0 spiro atoms. The van der Waals surface area contributed by atoms with Crippen molar-refractivity contribution in [2.75, 3.05) is 19.6 Å². The van der Waals surface area contributed by atoms with Crippen LogP contribution in [0.4, 0.5) is 4.39 Å². The fourth-order valence-corrected chi connectivity index (χ4v) is 4.85. The smallest absolute Gasteiger partial charge is 0.243 e. The summed E-state index contributed by atoms with van der Waals surface area (Å²) in [6.45, 7) is 2.51. The van der Waals surface area contributed by atoms with Crippen LogP contribution in [0.3, 0.4) is 0 Å². The first kappa shape index (κ1) is 18.8. The quantitative estimate of drug-likeness (QED) is 0.799. The lowest BCUT2D eigenvalue weighted by atomic mass is 10.1. The maximum atomic E-state index is 13.5. The lowest BCUT2D eigenvalue weighted by Gasteiger charge is -2.35. The summed E-state index contributed by atoms with van der Waals surface area (Å²) in [6, 6.07) is 3.44. The highest BCUT2D eigenvalue weighted by Gasteiger charge is 2.34. The van der Waals surface area contributed by atoms with Gasteiger partial charge in [0.05, 0.1) is 4.90 Å². The molecular formula is C16H24FN3O3S. The number of hydrogen-bond donors (Lipinski definition) is 2. The van der Waals surface area contributed by atoms with Crippen molar-refractivity contribution in [2.45, 2.75) is 43.5 Å². The first-order chi connectivity index (χ1) is 11.4. The van der Waals surface area contributed by atoms with E-state index in [1.807, 2.05) is 0 Å². The van der Waals surface area contributed by atoms with E-state index in [4.69, 9.17) is 5.73 Å². The second kappa shape index (κ2) is 8.04. The maximum Gasteiger partial charge on any atom is 0.243 e. The van der Waals surface area contributed by atoms with Crippen molar-refractivity contribution in [1.82, 2.24) is 9.62 Å². The van der Waals surface area contributed by atoms with Crippen LogP contribution in [0.15, 0.2) is 23.1 Å². The Balaban J connectivity index is 2.22. The van der Waals surface area contributed by atoms with Gasteiger partial charge in [-0.3, -0.25) is 4.79 Å². The molecule has 8 heteroatoms. The number of carbonyl (C=O) groups excluding carboxylic acids is 1. The number of sulfonamides is 1. The molecule has 1 aromatic carbocycles. The fraction of sp³-hybridized carbons (Fsp3) is 0.562. The van der Waals surface area contributed by atoms with Crippen molar-refractivity contribution >= 4 is 15.9 Å². The molecule has 1 atom stereocenters. The van der Waals surface area contributed by atoms with Crippen molar-refractivity contribution in [3.05, 3.63) is 29.6 Å². The maximum absolute atomic E-state index is 13.5. The SMILES string of the molecule is Cc1ccc(F)cc1S(=O)(=O)N1CCCCC1CNC(=O)CCN. The molecule has 1 unspecified atom stereocenters. The van der Waals surface area contributed by atoms with E-state index in [2.05, 4.69) is 5.32 Å². The molecule has 1 aliphatic heterocycles. The predicted molar refractivity (Wildman–Crippen MR) is 89.3 cm³/mol. The summed E-state index contributed by atoms with van der Waals surface area (Å²) in [5, 5.41) is 2.73. The number of piperidine rings is 1. The zero-order valence-electron chi connectivity index (χ0n) is 13.8. The van der Waals surface area contributed by atoms with Gasteiger partial charge in [0.15, 0.2) is 0 Å². The van der Waals surface area contributed by atoms with Gasteiger partial charge in [-0.25, -0.2) is 12.8 Å². The first-order valence-corrected chi connectivity index (χ1v) is 9.55. The van der Waals surface area contributed by atoms with Gasteiger partial charge in [0.25, 0.3) is 0 Å². The molecule has 3 N–H and O–H groups in total. The van der Waals surface area contributed by atoms with Gasteiger partial charge in [0.1, 0.15) is 5.82 Å². The standard InChI is InChI=1S/C16H24FN3O3S/c1-12-5-6-13(17)10-15(12)24(22,23)20-9-3-2-4-14(20)11-19-16(21)7-8-18/h5-6,10,14H,2-4,7-9,11,18H2,1H3,(H,19,21). The molecule has 6 nitrogen and oxygen atoms in total. The minimum absolute atomic E-state index is 0.0114. The molecule has 2 rings (SSSR count). The van der Waals surface area contributed by atoms with Crippen molar-refractivity contribution in [3.63, 3.8) is 0 Å². The minimum Gasteiger partial charge on any atom is -0.354 e. The molecule has 1 saturated heterocycles. The van der Waals surface area contributed by atoms with Crippen LogP contribution in [-0.2, 0) is 14.8 Å². The van der Waals surface area contributed by atoms with Crippen LogP contribution < -0.4 is 11.1 Å². The summed E-state index contributed by atoms with van der Waals surface area (Å²) in [6.07, 6.45) is 2.52. The van der Waals surface area contributed by atoms with E-state index in [0.29, 0.717) is 18.5 Å². The highest BCUT2D eigenvalue weighted by molar-refractivity contribution is 7.89. The largest absolute Gasteiger partial charge is 0.354 e. The molecule has 1 aliphatic rings. The van der Waals surface area contributed by atoms with E-state index in [0.717, 1.165) is 18.9 Å². The predicted octanol–water partition coefficient (Wildman–Crippen LogP) is 1.14. The molecule has 0 saturated carbocycles. The number of aryl methyl sites for hydroxylation is 1. The Bertz CT molecular complexity index is 694. The first-order valence-electron chi connectivity index (χ1n) is 8.11. The van der Waals surface area contributed by atoms with Crippen LogP contribution in [-0.4, -0.2) is 44.3 Å². The van der Waals surface area contributed by atoms with Gasteiger partial charge in [0.2, 0.25) is 15.9 Å². The molecule has 1 aromatic rings. The number of hydrogen-bond acceptors (Lipinski definition) is 4. The van der Waals surface area contributed by atoms with Crippen LogP contribution in [0, 0.1) is 12.7 Å². The van der Waals surface area contributed by atoms with Crippen LogP contribution in [0.25, 0.3) is 0 Å². The average Bonchev–Trinajstić information content (AvgIpc) is 2.55. The van der Waals surface area contributed by atoms with Gasteiger partial charge < -0.3 is 11.1 Å². The highest BCUT2D eigenvalue weighted by Crippen LogP contribution is 2.27. The molecular weight excluding hydrogens is 333 g/mol. The zero-order chi connectivity index (χ0) is 17.7. The normalized spacial score (nSPS) is 19.2. The molecule has 134 valence electrons. The Labute approximate surface area is 142 Å². The third kappa shape index (κ3) is 4.31. The van der Waals surface area contributed by atoms with Gasteiger partial charge in [0, 0.05) is 32.1 Å². The van der Waals surface area contributed by atoms with Gasteiger partial charge in [-0.2, -0.15) is 4.31 Å². The molecule has 0 aromatic heterocycles. The van der Waals surface area contributed by atoms with Crippen molar-refractivity contribution in [2.24, 2.45) is 5.73 Å². The summed E-state index contributed by atoms with van der Waals surface area (Å²) in [5.41, 5.74) is 5.85. The van der Waals surface area contributed by atoms with Crippen LogP contribution in [0.5, 0.6) is 0 Å². The Morgan fingerprint density at radius 3 is 2.88 bits per heavy atom. The van der Waals surface area contributed by atoms with E-state index < -0.39 is 15.8 Å². The molecule has 1 amide bonds. The highest BCUT2D eigenvalue weighted by atomic mass is 32.2. The molecule has 24 heavy (non-hydrogen) atoms. The molecule has 1 fully saturated rings. The lowest BCUT2D eigenvalue weighted by Crippen LogP contribution is -2.49. The third-order valence-corrected chi connectivity index (χ3v) is 6.31. The van der Waals surface area contributed by atoms with Gasteiger partial charge >= 0.3 is 0 Å². The molecule has 0 aliphatic carbocycles. The summed E-state index contributed by atoms with van der Waals surface area (Å²) in [5.74, 6) is -0.772. The third-order valence-electron chi connectivity index (χ3n) is 4.22. The summed E-state index contributed by atoms with van der Waals surface area (Å²) in [7, 11) is -3.81. The van der Waals surface area contributed by atoms with Gasteiger partial charge in [-0.1, -0.05) is 12.5 Å². The average molecular weight is 357 g/mol. The summed E-state index contributed by atoms with van der Waals surface area (Å²) in [4.78, 5) is 11.6. The van der Waals surface area contributed by atoms with Crippen LogP contribution >= 0.6 is 0 Å². The molecule has 1 heterocycles. The van der Waals surface area contributed by atoms with E-state index in [9.17, 15) is 17.6 Å². The number of nitrogens with one attached hydrogen (secondary N) is 1. The molecule has 0 bridgehead atoms. The topological polar surface area (TPSA) is 92.5 Å². The van der Waals surface area contributed by atoms with Gasteiger partial charge in [-0.05, 0) is 37.5 Å². The number of amides is 1. The minimum atomic E-state index is -3.81. The Morgan fingerprint density at radius 2 is 2.17 bits per heavy atom. The lowest BCUT2D eigenvalue weighted by molar-refractivity contribution is -0.121. The number of carbonyl (C=O) groups is 1. The monoisotopic (exact) mass is 357 g/mol. The number of benzene rings is 1. The van der Waals surface area contributed by atoms with Crippen LogP contribution in [0.2, 0.25) is 0 Å². The second-order valence-corrected chi connectivity index (χ2v) is 7.88. The van der Waals surface area contributed by atoms with Crippen LogP contribution in [0.1, 0.15) is 31.2 Å². The Kier molecular flexibility index (Phi) is 6.31. The van der Waals surface area contributed by atoms with Crippen molar-refractivity contribution in [1.29, 1.82) is 0 Å². The number of rotatable bonds is 6. The number of nitrogens with two attached hydrogens (primary N) is 1.